The monoisotopic (exact) mass is 367 g/mol. The molecule has 0 unspecified atom stereocenters. The fourth-order valence-corrected chi connectivity index (χ4v) is 3.43. The van der Waals surface area contributed by atoms with Crippen molar-refractivity contribution in [1.29, 1.82) is 0 Å². The van der Waals surface area contributed by atoms with Crippen molar-refractivity contribution in [2.24, 2.45) is 5.92 Å². The molecule has 27 heavy (non-hydrogen) atoms. The smallest absolute Gasteiger partial charge is 0.286 e. The summed E-state index contributed by atoms with van der Waals surface area (Å²) in [4.78, 5) is 35.0. The second-order valence-corrected chi connectivity index (χ2v) is 6.84. The molecule has 2 aromatic heterocycles. The van der Waals surface area contributed by atoms with E-state index in [1.807, 2.05) is 31.2 Å². The van der Waals surface area contributed by atoms with Crippen LogP contribution in [0.15, 0.2) is 41.6 Å². The number of para-hydroxylation sites is 1. The van der Waals surface area contributed by atoms with E-state index >= 15 is 0 Å². The van der Waals surface area contributed by atoms with Crippen LogP contribution in [0.5, 0.6) is 5.75 Å². The van der Waals surface area contributed by atoms with Crippen LogP contribution in [0.25, 0.3) is 5.78 Å². The maximum atomic E-state index is 12.9. The molecule has 3 aromatic rings. The molecule has 1 aromatic carbocycles. The van der Waals surface area contributed by atoms with Crippen LogP contribution in [-0.2, 0) is 0 Å². The second kappa shape index (κ2) is 7.22. The number of hydrogen-bond acceptors (Lipinski definition) is 5. The maximum absolute atomic E-state index is 12.9. The average Bonchev–Trinajstić information content (AvgIpc) is 3.17. The van der Waals surface area contributed by atoms with Crippen LogP contribution in [0.1, 0.15) is 28.8 Å². The number of hydrogen-bond donors (Lipinski definition) is 1. The summed E-state index contributed by atoms with van der Waals surface area (Å²) in [5, 5.41) is 2.68. The van der Waals surface area contributed by atoms with Crippen molar-refractivity contribution in [3.05, 3.63) is 58.3 Å². The number of aryl methyl sites for hydroxylation is 1. The van der Waals surface area contributed by atoms with E-state index in [1.165, 1.54) is 17.0 Å². The molecule has 1 aliphatic heterocycles. The van der Waals surface area contributed by atoms with Crippen LogP contribution in [0, 0.1) is 12.8 Å². The largest absolute Gasteiger partial charge is 0.493 e. The van der Waals surface area contributed by atoms with Gasteiger partial charge in [0.25, 0.3) is 17.2 Å². The molecule has 8 nitrogen and oxygen atoms in total. The molecule has 8 heteroatoms. The van der Waals surface area contributed by atoms with Crippen molar-refractivity contribution in [3.8, 4) is 5.75 Å². The number of rotatable bonds is 4. The SMILES string of the molecule is Cc1ccccc1OC[C@H]1CCCN(C(=O)c2cnc3nc[nH]n3c2=O)C1. The van der Waals surface area contributed by atoms with Gasteiger partial charge in [-0.3, -0.25) is 14.7 Å². The van der Waals surface area contributed by atoms with Crippen LogP contribution in [0.3, 0.4) is 0 Å². The zero-order chi connectivity index (χ0) is 18.8. The minimum atomic E-state index is -0.430. The molecular formula is C19H21N5O3. The van der Waals surface area contributed by atoms with Gasteiger partial charge < -0.3 is 9.64 Å². The van der Waals surface area contributed by atoms with Gasteiger partial charge >= 0.3 is 0 Å². The number of H-pyrrole nitrogens is 1. The number of carbonyl (C=O) groups excluding carboxylic acids is 1. The van der Waals surface area contributed by atoms with Gasteiger partial charge in [0.05, 0.1) is 6.61 Å². The van der Waals surface area contributed by atoms with E-state index in [1.54, 1.807) is 4.90 Å². The van der Waals surface area contributed by atoms with Gasteiger partial charge in [-0.2, -0.15) is 4.52 Å². The summed E-state index contributed by atoms with van der Waals surface area (Å²) >= 11 is 0. The molecule has 0 radical (unpaired) electrons. The summed E-state index contributed by atoms with van der Waals surface area (Å²) in [5.74, 6) is 1.05. The van der Waals surface area contributed by atoms with Gasteiger partial charge in [0.1, 0.15) is 17.6 Å². The van der Waals surface area contributed by atoms with Crippen molar-refractivity contribution >= 4 is 11.7 Å². The molecule has 1 aliphatic rings. The third kappa shape index (κ3) is 3.42. The Bertz CT molecular complexity index is 1030. The highest BCUT2D eigenvalue weighted by Gasteiger charge is 2.27. The summed E-state index contributed by atoms with van der Waals surface area (Å²) in [6, 6.07) is 7.89. The van der Waals surface area contributed by atoms with Crippen LogP contribution < -0.4 is 10.3 Å². The van der Waals surface area contributed by atoms with Crippen molar-refractivity contribution in [2.45, 2.75) is 19.8 Å². The van der Waals surface area contributed by atoms with Crippen LogP contribution in [0.2, 0.25) is 0 Å². The Morgan fingerprint density at radius 3 is 3.04 bits per heavy atom. The van der Waals surface area contributed by atoms with Gasteiger partial charge in [-0.1, -0.05) is 18.2 Å². The van der Waals surface area contributed by atoms with Gasteiger partial charge in [0, 0.05) is 25.2 Å². The first-order valence-corrected chi connectivity index (χ1v) is 9.02. The Morgan fingerprint density at radius 1 is 1.33 bits per heavy atom. The molecule has 3 heterocycles. The quantitative estimate of drug-likeness (QED) is 0.757. The number of nitrogens with one attached hydrogen (secondary N) is 1. The lowest BCUT2D eigenvalue weighted by Gasteiger charge is -2.32. The van der Waals surface area contributed by atoms with Gasteiger partial charge in [0.2, 0.25) is 0 Å². The van der Waals surface area contributed by atoms with Crippen molar-refractivity contribution in [2.75, 3.05) is 19.7 Å². The van der Waals surface area contributed by atoms with Crippen LogP contribution in [-0.4, -0.2) is 50.1 Å². The van der Waals surface area contributed by atoms with E-state index in [9.17, 15) is 9.59 Å². The predicted molar refractivity (Wildman–Crippen MR) is 98.9 cm³/mol. The number of carbonyl (C=O) groups is 1. The molecule has 0 aliphatic carbocycles. The van der Waals surface area contributed by atoms with E-state index in [-0.39, 0.29) is 23.2 Å². The van der Waals surface area contributed by atoms with Crippen molar-refractivity contribution in [3.63, 3.8) is 0 Å². The highest BCUT2D eigenvalue weighted by atomic mass is 16.5. The average molecular weight is 367 g/mol. The van der Waals surface area contributed by atoms with Crippen molar-refractivity contribution in [1.82, 2.24) is 24.5 Å². The fourth-order valence-electron chi connectivity index (χ4n) is 3.43. The number of ether oxygens (including phenoxy) is 1. The Kier molecular flexibility index (Phi) is 4.62. The number of fused-ring (bicyclic) bond motifs is 1. The molecule has 4 rings (SSSR count). The molecule has 0 bridgehead atoms. The summed E-state index contributed by atoms with van der Waals surface area (Å²) in [7, 11) is 0. The third-order valence-corrected chi connectivity index (χ3v) is 4.91. The lowest BCUT2D eigenvalue weighted by atomic mass is 9.98. The van der Waals surface area contributed by atoms with Gasteiger partial charge in [-0.25, -0.2) is 9.97 Å². The number of piperidine rings is 1. The van der Waals surface area contributed by atoms with E-state index < -0.39 is 5.56 Å². The highest BCUT2D eigenvalue weighted by molar-refractivity contribution is 5.93. The first-order valence-electron chi connectivity index (χ1n) is 9.02. The molecule has 1 fully saturated rings. The van der Waals surface area contributed by atoms with Gasteiger partial charge in [0.15, 0.2) is 0 Å². The van der Waals surface area contributed by atoms with E-state index in [2.05, 4.69) is 15.1 Å². The van der Waals surface area contributed by atoms with Crippen molar-refractivity contribution < 1.29 is 9.53 Å². The number of aromatic amines is 1. The Morgan fingerprint density at radius 2 is 2.19 bits per heavy atom. The molecule has 0 spiro atoms. The standard InChI is InChI=1S/C19H21N5O3/c1-13-5-2-3-7-16(13)27-11-14-6-4-8-23(10-14)17(25)15-9-20-19-21-12-22-24(19)18(15)26/h2-3,5,7,9,12,14H,4,6,8,10-11H2,1H3,(H,20,21,22)/t14-/m0/s1. The predicted octanol–water partition coefficient (Wildman–Crippen LogP) is 1.66. The number of benzene rings is 1. The molecule has 1 amide bonds. The number of likely N-dealkylation sites (tertiary alicyclic amines) is 1. The van der Waals surface area contributed by atoms with Gasteiger partial charge in [-0.15, -0.1) is 0 Å². The Hall–Kier alpha value is -3.16. The Balaban J connectivity index is 1.45. The zero-order valence-corrected chi connectivity index (χ0v) is 15.1. The summed E-state index contributed by atoms with van der Waals surface area (Å²) in [5.41, 5.74) is 0.714. The first-order chi connectivity index (χ1) is 13.1. The van der Waals surface area contributed by atoms with Crippen LogP contribution in [0.4, 0.5) is 0 Å². The number of nitrogens with zero attached hydrogens (tertiary/aromatic N) is 4. The first kappa shape index (κ1) is 17.3. The molecule has 0 saturated carbocycles. The third-order valence-electron chi connectivity index (χ3n) is 4.91. The molecule has 1 atom stereocenters. The molecule has 1 N–H and O–H groups in total. The highest BCUT2D eigenvalue weighted by Crippen LogP contribution is 2.21. The summed E-state index contributed by atoms with van der Waals surface area (Å²) in [6.45, 7) is 3.75. The maximum Gasteiger partial charge on any atom is 0.286 e. The molecule has 1 saturated heterocycles. The lowest BCUT2D eigenvalue weighted by molar-refractivity contribution is 0.0630. The fraction of sp³-hybridized carbons (Fsp3) is 0.368. The Labute approximate surface area is 155 Å². The number of amides is 1. The number of aromatic nitrogens is 4. The summed E-state index contributed by atoms with van der Waals surface area (Å²) in [6.07, 6.45) is 4.56. The van der Waals surface area contributed by atoms with E-state index in [0.717, 1.165) is 24.2 Å². The zero-order valence-electron chi connectivity index (χ0n) is 15.1. The van der Waals surface area contributed by atoms with Crippen LogP contribution >= 0.6 is 0 Å². The minimum Gasteiger partial charge on any atom is -0.493 e. The second-order valence-electron chi connectivity index (χ2n) is 6.84. The normalized spacial score (nSPS) is 17.2. The van der Waals surface area contributed by atoms with Gasteiger partial charge in [-0.05, 0) is 31.4 Å². The molecular weight excluding hydrogens is 346 g/mol. The topological polar surface area (TPSA) is 92.6 Å². The molecule has 140 valence electrons. The lowest BCUT2D eigenvalue weighted by Crippen LogP contribution is -2.43. The minimum absolute atomic E-state index is 0.0530. The van der Waals surface area contributed by atoms with E-state index in [4.69, 9.17) is 4.74 Å². The summed E-state index contributed by atoms with van der Waals surface area (Å²) < 4.78 is 7.13. The van der Waals surface area contributed by atoms with E-state index in [0.29, 0.717) is 19.7 Å².